The summed E-state index contributed by atoms with van der Waals surface area (Å²) in [5.41, 5.74) is 1.83. The van der Waals surface area contributed by atoms with E-state index in [1.54, 1.807) is 6.07 Å². The second-order valence-electron chi connectivity index (χ2n) is 4.06. The first kappa shape index (κ1) is 10.4. The summed E-state index contributed by atoms with van der Waals surface area (Å²) >= 11 is 0. The lowest BCUT2D eigenvalue weighted by Gasteiger charge is -2.10. The third-order valence-corrected chi connectivity index (χ3v) is 2.91. The van der Waals surface area contributed by atoms with Crippen LogP contribution in [0.25, 0.3) is 0 Å². The van der Waals surface area contributed by atoms with Crippen molar-refractivity contribution in [3.05, 3.63) is 29.6 Å². The minimum atomic E-state index is -0.0730. The zero-order valence-corrected chi connectivity index (χ0v) is 9.02. The van der Waals surface area contributed by atoms with E-state index >= 15 is 0 Å². The van der Waals surface area contributed by atoms with Gasteiger partial charge in [-0.1, -0.05) is 6.07 Å². The molecule has 0 bridgehead atoms. The summed E-state index contributed by atoms with van der Waals surface area (Å²) in [5.74, 6) is -0.0730. The molecule has 1 unspecified atom stereocenters. The van der Waals surface area contributed by atoms with Gasteiger partial charge in [0, 0.05) is 17.3 Å². The van der Waals surface area contributed by atoms with Crippen LogP contribution in [0.3, 0.4) is 0 Å². The molecule has 2 nitrogen and oxygen atoms in total. The number of hydrogen-bond donors (Lipinski definition) is 2. The third kappa shape index (κ3) is 2.29. The molecule has 3 heteroatoms. The molecule has 0 spiro atoms. The SMILES string of the molecule is CNCCCC1Cc2c(F)cccc2N1. The largest absolute Gasteiger partial charge is 0.382 e. The molecule has 0 radical (unpaired) electrons. The highest BCUT2D eigenvalue weighted by Gasteiger charge is 2.22. The monoisotopic (exact) mass is 208 g/mol. The minimum Gasteiger partial charge on any atom is -0.382 e. The van der Waals surface area contributed by atoms with Gasteiger partial charge >= 0.3 is 0 Å². The molecule has 1 heterocycles. The van der Waals surface area contributed by atoms with Crippen LogP contribution < -0.4 is 10.6 Å². The van der Waals surface area contributed by atoms with E-state index in [0.29, 0.717) is 6.04 Å². The summed E-state index contributed by atoms with van der Waals surface area (Å²) in [6.07, 6.45) is 3.05. The van der Waals surface area contributed by atoms with Crippen LogP contribution in [0.5, 0.6) is 0 Å². The second-order valence-corrected chi connectivity index (χ2v) is 4.06. The average molecular weight is 208 g/mol. The summed E-state index contributed by atoms with van der Waals surface area (Å²) in [7, 11) is 1.95. The first-order valence-electron chi connectivity index (χ1n) is 5.50. The molecular weight excluding hydrogens is 191 g/mol. The van der Waals surface area contributed by atoms with Gasteiger partial charge in [0.05, 0.1) is 0 Å². The summed E-state index contributed by atoms with van der Waals surface area (Å²) in [4.78, 5) is 0. The summed E-state index contributed by atoms with van der Waals surface area (Å²) in [6, 6.07) is 5.66. The molecule has 82 valence electrons. The molecule has 0 saturated heterocycles. The van der Waals surface area contributed by atoms with E-state index in [1.807, 2.05) is 13.1 Å². The Balaban J connectivity index is 1.94. The predicted molar refractivity (Wildman–Crippen MR) is 60.7 cm³/mol. The van der Waals surface area contributed by atoms with E-state index in [9.17, 15) is 4.39 Å². The van der Waals surface area contributed by atoms with E-state index in [0.717, 1.165) is 37.1 Å². The Kier molecular flexibility index (Phi) is 3.21. The molecule has 1 aliphatic rings. The van der Waals surface area contributed by atoms with Crippen LogP contribution in [0.1, 0.15) is 18.4 Å². The predicted octanol–water partition coefficient (Wildman–Crippen LogP) is 2.16. The molecule has 2 rings (SSSR count). The van der Waals surface area contributed by atoms with Gasteiger partial charge in [-0.25, -0.2) is 4.39 Å². The standard InChI is InChI=1S/C12H17FN2/c1-14-7-3-4-9-8-10-11(13)5-2-6-12(10)15-9/h2,5-6,9,14-15H,3-4,7-8H2,1H3. The Morgan fingerprint density at radius 3 is 3.13 bits per heavy atom. The zero-order chi connectivity index (χ0) is 10.7. The Bertz CT molecular complexity index is 338. The highest BCUT2D eigenvalue weighted by atomic mass is 19.1. The van der Waals surface area contributed by atoms with Crippen LogP contribution >= 0.6 is 0 Å². The molecule has 0 aliphatic carbocycles. The Morgan fingerprint density at radius 2 is 2.40 bits per heavy atom. The molecule has 0 aromatic heterocycles. The van der Waals surface area contributed by atoms with Crippen molar-refractivity contribution in [3.63, 3.8) is 0 Å². The first-order chi connectivity index (χ1) is 7.31. The summed E-state index contributed by atoms with van der Waals surface area (Å²) in [5, 5.41) is 6.49. The number of nitrogens with one attached hydrogen (secondary N) is 2. The Labute approximate surface area is 89.9 Å². The van der Waals surface area contributed by atoms with Gasteiger partial charge in [0.15, 0.2) is 0 Å². The van der Waals surface area contributed by atoms with Gasteiger partial charge in [-0.3, -0.25) is 0 Å². The van der Waals surface area contributed by atoms with Crippen LogP contribution in [0.2, 0.25) is 0 Å². The molecule has 0 amide bonds. The highest BCUT2D eigenvalue weighted by Crippen LogP contribution is 2.29. The molecule has 1 aromatic carbocycles. The Hall–Kier alpha value is -1.09. The first-order valence-corrected chi connectivity index (χ1v) is 5.50. The van der Waals surface area contributed by atoms with Crippen LogP contribution in [-0.2, 0) is 6.42 Å². The zero-order valence-electron chi connectivity index (χ0n) is 9.02. The average Bonchev–Trinajstić information content (AvgIpc) is 2.63. The molecular formula is C12H17FN2. The van der Waals surface area contributed by atoms with Crippen LogP contribution in [0.4, 0.5) is 10.1 Å². The number of halogens is 1. The maximum absolute atomic E-state index is 13.4. The number of benzene rings is 1. The van der Waals surface area contributed by atoms with Gasteiger partial charge in [0.25, 0.3) is 0 Å². The van der Waals surface area contributed by atoms with Gasteiger partial charge in [-0.05, 0) is 45.0 Å². The number of hydrogen-bond acceptors (Lipinski definition) is 2. The third-order valence-electron chi connectivity index (χ3n) is 2.91. The molecule has 1 aromatic rings. The molecule has 2 N–H and O–H groups in total. The van der Waals surface area contributed by atoms with Gasteiger partial charge in [0.2, 0.25) is 0 Å². The van der Waals surface area contributed by atoms with Crippen molar-refractivity contribution in [2.45, 2.75) is 25.3 Å². The molecule has 15 heavy (non-hydrogen) atoms. The smallest absolute Gasteiger partial charge is 0.128 e. The lowest BCUT2D eigenvalue weighted by molar-refractivity contribution is 0.583. The van der Waals surface area contributed by atoms with Crippen molar-refractivity contribution in [2.24, 2.45) is 0 Å². The molecule has 0 saturated carbocycles. The number of fused-ring (bicyclic) bond motifs is 1. The van der Waals surface area contributed by atoms with Crippen molar-refractivity contribution < 1.29 is 4.39 Å². The van der Waals surface area contributed by atoms with E-state index in [-0.39, 0.29) is 5.82 Å². The second kappa shape index (κ2) is 4.62. The van der Waals surface area contributed by atoms with Crippen molar-refractivity contribution in [2.75, 3.05) is 18.9 Å². The number of rotatable bonds is 4. The maximum atomic E-state index is 13.4. The van der Waals surface area contributed by atoms with E-state index in [1.165, 1.54) is 6.07 Å². The Morgan fingerprint density at radius 1 is 1.53 bits per heavy atom. The molecule has 0 fully saturated rings. The van der Waals surface area contributed by atoms with E-state index in [2.05, 4.69) is 10.6 Å². The fraction of sp³-hybridized carbons (Fsp3) is 0.500. The van der Waals surface area contributed by atoms with Gasteiger partial charge < -0.3 is 10.6 Å². The van der Waals surface area contributed by atoms with Gasteiger partial charge in [0.1, 0.15) is 5.82 Å². The topological polar surface area (TPSA) is 24.1 Å². The minimum absolute atomic E-state index is 0.0730. The van der Waals surface area contributed by atoms with Crippen molar-refractivity contribution in [3.8, 4) is 0 Å². The highest BCUT2D eigenvalue weighted by molar-refractivity contribution is 5.57. The fourth-order valence-electron chi connectivity index (χ4n) is 2.12. The van der Waals surface area contributed by atoms with Crippen LogP contribution in [0, 0.1) is 5.82 Å². The summed E-state index contributed by atoms with van der Waals surface area (Å²) < 4.78 is 13.4. The van der Waals surface area contributed by atoms with Gasteiger partial charge in [-0.2, -0.15) is 0 Å². The van der Waals surface area contributed by atoms with Crippen LogP contribution in [0.15, 0.2) is 18.2 Å². The summed E-state index contributed by atoms with van der Waals surface area (Å²) in [6.45, 7) is 1.02. The van der Waals surface area contributed by atoms with Crippen molar-refractivity contribution >= 4 is 5.69 Å². The van der Waals surface area contributed by atoms with Crippen molar-refractivity contribution in [1.29, 1.82) is 0 Å². The molecule has 1 atom stereocenters. The maximum Gasteiger partial charge on any atom is 0.128 e. The van der Waals surface area contributed by atoms with Crippen molar-refractivity contribution in [1.82, 2.24) is 5.32 Å². The van der Waals surface area contributed by atoms with E-state index < -0.39 is 0 Å². The van der Waals surface area contributed by atoms with Crippen LogP contribution in [-0.4, -0.2) is 19.6 Å². The number of anilines is 1. The quantitative estimate of drug-likeness (QED) is 0.741. The lowest BCUT2D eigenvalue weighted by atomic mass is 10.1. The lowest BCUT2D eigenvalue weighted by Crippen LogP contribution is -2.18. The fourth-order valence-corrected chi connectivity index (χ4v) is 2.12. The normalized spacial score (nSPS) is 18.7. The van der Waals surface area contributed by atoms with Gasteiger partial charge in [-0.15, -0.1) is 0 Å². The molecule has 1 aliphatic heterocycles. The van der Waals surface area contributed by atoms with E-state index in [4.69, 9.17) is 0 Å².